The van der Waals surface area contributed by atoms with Gasteiger partial charge in [0.1, 0.15) is 0 Å². The lowest BCUT2D eigenvalue weighted by atomic mass is 10.1. The number of halogens is 1. The number of hydrogen-bond acceptors (Lipinski definition) is 1. The molecule has 2 nitrogen and oxygen atoms in total. The molecule has 0 aromatic rings. The SMILES string of the molecule is CC(C)(Cl)CCCC(=O)O. The summed E-state index contributed by atoms with van der Waals surface area (Å²) in [5.41, 5.74) is 0. The van der Waals surface area contributed by atoms with Crippen LogP contribution < -0.4 is 0 Å². The van der Waals surface area contributed by atoms with Crippen molar-refractivity contribution in [3.63, 3.8) is 0 Å². The Morgan fingerprint density at radius 1 is 1.60 bits per heavy atom. The van der Waals surface area contributed by atoms with Crippen LogP contribution in [0.5, 0.6) is 0 Å². The Kier molecular flexibility index (Phi) is 3.72. The van der Waals surface area contributed by atoms with Crippen molar-refractivity contribution < 1.29 is 9.90 Å². The molecular weight excluding hydrogens is 152 g/mol. The second-order valence-corrected chi connectivity index (χ2v) is 3.99. The van der Waals surface area contributed by atoms with Crippen molar-refractivity contribution in [2.75, 3.05) is 0 Å². The molecule has 3 heteroatoms. The summed E-state index contributed by atoms with van der Waals surface area (Å²) in [6.45, 7) is 3.77. The predicted molar refractivity (Wildman–Crippen MR) is 41.4 cm³/mol. The van der Waals surface area contributed by atoms with Crippen molar-refractivity contribution in [2.24, 2.45) is 0 Å². The molecule has 0 aliphatic rings. The van der Waals surface area contributed by atoms with E-state index in [1.54, 1.807) is 0 Å². The first-order valence-corrected chi connectivity index (χ1v) is 3.70. The molecule has 0 aliphatic carbocycles. The highest BCUT2D eigenvalue weighted by molar-refractivity contribution is 6.23. The van der Waals surface area contributed by atoms with Gasteiger partial charge in [0, 0.05) is 11.3 Å². The van der Waals surface area contributed by atoms with Gasteiger partial charge in [-0.05, 0) is 26.7 Å². The molecule has 0 aromatic carbocycles. The van der Waals surface area contributed by atoms with Crippen LogP contribution >= 0.6 is 11.6 Å². The highest BCUT2D eigenvalue weighted by Gasteiger charge is 2.12. The van der Waals surface area contributed by atoms with Crippen LogP contribution in [-0.2, 0) is 4.79 Å². The minimum Gasteiger partial charge on any atom is -0.481 e. The van der Waals surface area contributed by atoms with Crippen LogP contribution in [0.2, 0.25) is 0 Å². The second kappa shape index (κ2) is 3.81. The molecule has 1 N–H and O–H groups in total. The summed E-state index contributed by atoms with van der Waals surface area (Å²) < 4.78 is 0. The monoisotopic (exact) mass is 164 g/mol. The smallest absolute Gasteiger partial charge is 0.303 e. The molecule has 0 rings (SSSR count). The Balaban J connectivity index is 3.29. The summed E-state index contributed by atoms with van der Waals surface area (Å²) in [4.78, 5) is 9.79. The fourth-order valence-corrected chi connectivity index (χ4v) is 0.794. The Morgan fingerprint density at radius 2 is 2.10 bits per heavy atom. The van der Waals surface area contributed by atoms with Crippen molar-refractivity contribution in [1.29, 1.82) is 0 Å². The van der Waals surface area contributed by atoms with Gasteiger partial charge in [0.15, 0.2) is 0 Å². The summed E-state index contributed by atoms with van der Waals surface area (Å²) >= 11 is 5.82. The summed E-state index contributed by atoms with van der Waals surface area (Å²) in [6.07, 6.45) is 1.63. The van der Waals surface area contributed by atoms with E-state index in [9.17, 15) is 4.79 Å². The molecule has 0 fully saturated rings. The zero-order valence-corrected chi connectivity index (χ0v) is 7.11. The Morgan fingerprint density at radius 3 is 2.40 bits per heavy atom. The van der Waals surface area contributed by atoms with Gasteiger partial charge in [-0.2, -0.15) is 0 Å². The van der Waals surface area contributed by atoms with Gasteiger partial charge in [-0.3, -0.25) is 4.79 Å². The van der Waals surface area contributed by atoms with Crippen molar-refractivity contribution >= 4 is 17.6 Å². The summed E-state index contributed by atoms with van der Waals surface area (Å²) in [5, 5.41) is 8.27. The number of alkyl halides is 1. The van der Waals surface area contributed by atoms with Gasteiger partial charge in [0.05, 0.1) is 0 Å². The maximum Gasteiger partial charge on any atom is 0.303 e. The summed E-state index contributed by atoms with van der Waals surface area (Å²) in [5.74, 6) is -0.749. The largest absolute Gasteiger partial charge is 0.481 e. The van der Waals surface area contributed by atoms with Crippen LogP contribution in [0.3, 0.4) is 0 Å². The summed E-state index contributed by atoms with van der Waals surface area (Å²) in [6, 6.07) is 0. The highest BCUT2D eigenvalue weighted by Crippen LogP contribution is 2.20. The van der Waals surface area contributed by atoms with Gasteiger partial charge in [-0.25, -0.2) is 0 Å². The van der Waals surface area contributed by atoms with E-state index in [-0.39, 0.29) is 11.3 Å². The van der Waals surface area contributed by atoms with E-state index >= 15 is 0 Å². The lowest BCUT2D eigenvalue weighted by molar-refractivity contribution is -0.137. The average molecular weight is 165 g/mol. The lowest BCUT2D eigenvalue weighted by Gasteiger charge is -2.13. The molecule has 0 amide bonds. The quantitative estimate of drug-likeness (QED) is 0.648. The van der Waals surface area contributed by atoms with E-state index in [4.69, 9.17) is 16.7 Å². The average Bonchev–Trinajstić information content (AvgIpc) is 1.59. The third-order valence-corrected chi connectivity index (χ3v) is 1.35. The van der Waals surface area contributed by atoms with Gasteiger partial charge in [-0.15, -0.1) is 11.6 Å². The molecule has 0 saturated carbocycles. The first-order valence-electron chi connectivity index (χ1n) is 3.32. The second-order valence-electron chi connectivity index (χ2n) is 2.97. The molecule has 0 unspecified atom stereocenters. The molecule has 60 valence electrons. The first kappa shape index (κ1) is 9.76. The van der Waals surface area contributed by atoms with Gasteiger partial charge < -0.3 is 5.11 Å². The zero-order chi connectivity index (χ0) is 8.20. The first-order chi connectivity index (χ1) is 4.42. The number of carboxylic acids is 1. The molecule has 0 bridgehead atoms. The van der Waals surface area contributed by atoms with E-state index in [1.165, 1.54) is 0 Å². The minimum absolute atomic E-state index is 0.218. The minimum atomic E-state index is -0.749. The van der Waals surface area contributed by atoms with E-state index < -0.39 is 5.97 Å². The maximum absolute atomic E-state index is 10.0. The van der Waals surface area contributed by atoms with Crippen LogP contribution in [0.4, 0.5) is 0 Å². The molecule has 0 radical (unpaired) electrons. The van der Waals surface area contributed by atoms with Crippen LogP contribution in [0.1, 0.15) is 33.1 Å². The van der Waals surface area contributed by atoms with E-state index in [2.05, 4.69) is 0 Å². The summed E-state index contributed by atoms with van der Waals surface area (Å²) in [7, 11) is 0. The normalized spacial score (nSPS) is 11.5. The zero-order valence-electron chi connectivity index (χ0n) is 6.35. The van der Waals surface area contributed by atoms with Crippen molar-refractivity contribution in [1.82, 2.24) is 0 Å². The van der Waals surface area contributed by atoms with E-state index in [0.29, 0.717) is 6.42 Å². The van der Waals surface area contributed by atoms with Crippen molar-refractivity contribution in [3.8, 4) is 0 Å². The van der Waals surface area contributed by atoms with Crippen LogP contribution in [0, 0.1) is 0 Å². The van der Waals surface area contributed by atoms with Gasteiger partial charge in [-0.1, -0.05) is 0 Å². The van der Waals surface area contributed by atoms with E-state index in [1.807, 2.05) is 13.8 Å². The molecule has 0 saturated heterocycles. The van der Waals surface area contributed by atoms with Crippen LogP contribution in [-0.4, -0.2) is 16.0 Å². The Bertz CT molecular complexity index is 115. The number of hydrogen-bond donors (Lipinski definition) is 1. The predicted octanol–water partition coefficient (Wildman–Crippen LogP) is 2.26. The van der Waals surface area contributed by atoms with Crippen molar-refractivity contribution in [2.45, 2.75) is 38.0 Å². The molecule has 10 heavy (non-hydrogen) atoms. The topological polar surface area (TPSA) is 37.3 Å². The van der Waals surface area contributed by atoms with Crippen molar-refractivity contribution in [3.05, 3.63) is 0 Å². The Labute approximate surface area is 66.2 Å². The van der Waals surface area contributed by atoms with Gasteiger partial charge in [0.25, 0.3) is 0 Å². The van der Waals surface area contributed by atoms with Gasteiger partial charge >= 0.3 is 5.97 Å². The van der Waals surface area contributed by atoms with Crippen LogP contribution in [0.15, 0.2) is 0 Å². The number of rotatable bonds is 4. The molecule has 0 atom stereocenters. The Hall–Kier alpha value is -0.240. The van der Waals surface area contributed by atoms with Crippen LogP contribution in [0.25, 0.3) is 0 Å². The molecule has 0 aliphatic heterocycles. The third-order valence-electron chi connectivity index (χ3n) is 1.16. The fourth-order valence-electron chi connectivity index (χ4n) is 0.660. The number of carbonyl (C=O) groups is 1. The lowest BCUT2D eigenvalue weighted by Crippen LogP contribution is -2.10. The number of carboxylic acid groups (broad SMARTS) is 1. The molecule has 0 spiro atoms. The molecular formula is C7H13ClO2. The molecule has 0 aromatic heterocycles. The number of aliphatic carboxylic acids is 1. The maximum atomic E-state index is 10.0. The van der Waals surface area contributed by atoms with Gasteiger partial charge in [0.2, 0.25) is 0 Å². The fraction of sp³-hybridized carbons (Fsp3) is 0.857. The standard InChI is InChI=1S/C7H13ClO2/c1-7(2,8)5-3-4-6(9)10/h3-5H2,1-2H3,(H,9,10). The molecule has 0 heterocycles. The highest BCUT2D eigenvalue weighted by atomic mass is 35.5. The third kappa shape index (κ3) is 7.76. The van der Waals surface area contributed by atoms with E-state index in [0.717, 1.165) is 6.42 Å².